The molecule has 0 saturated heterocycles. The molecule has 0 aromatic heterocycles. The zero-order valence-corrected chi connectivity index (χ0v) is 20.0. The first-order valence-electron chi connectivity index (χ1n) is 11.3. The molecule has 0 atom stereocenters. The molecule has 36 heavy (non-hydrogen) atoms. The third kappa shape index (κ3) is 4.83. The van der Waals surface area contributed by atoms with Crippen molar-refractivity contribution in [3.05, 3.63) is 96.3 Å². The normalized spacial score (nSPS) is 12.8. The van der Waals surface area contributed by atoms with Crippen LogP contribution < -0.4 is 19.1 Å². The molecule has 0 fully saturated rings. The lowest BCUT2D eigenvalue weighted by Crippen LogP contribution is -2.40. The molecule has 7 nitrogen and oxygen atoms in total. The topological polar surface area (TPSA) is 84.9 Å². The number of nitrogens with zero attached hydrogens (tertiary/aromatic N) is 1. The number of halogens is 1. The van der Waals surface area contributed by atoms with Gasteiger partial charge in [-0.15, -0.1) is 0 Å². The maximum Gasteiger partial charge on any atom is 0.264 e. The summed E-state index contributed by atoms with van der Waals surface area (Å²) in [6, 6.07) is 22.8. The third-order valence-electron chi connectivity index (χ3n) is 5.86. The fourth-order valence-corrected chi connectivity index (χ4v) is 5.50. The molecule has 1 heterocycles. The number of carbonyl (C=O) groups is 1. The van der Waals surface area contributed by atoms with E-state index < -0.39 is 28.3 Å². The van der Waals surface area contributed by atoms with Crippen LogP contribution in [0.15, 0.2) is 89.8 Å². The monoisotopic (exact) mass is 506 g/mol. The van der Waals surface area contributed by atoms with Crippen molar-refractivity contribution >= 4 is 32.4 Å². The average molecular weight is 507 g/mol. The number of anilines is 1. The Bertz CT molecular complexity index is 1520. The lowest BCUT2D eigenvalue weighted by Gasteiger charge is -2.25. The second-order valence-corrected chi connectivity index (χ2v) is 10.1. The van der Waals surface area contributed by atoms with Crippen molar-refractivity contribution in [1.29, 1.82) is 0 Å². The molecule has 4 aromatic rings. The molecule has 0 unspecified atom stereocenters. The zero-order valence-electron chi connectivity index (χ0n) is 19.2. The molecular weight excluding hydrogens is 483 g/mol. The molecule has 5 rings (SSSR count). The number of hydrogen-bond donors (Lipinski definition) is 1. The minimum absolute atomic E-state index is 0.0714. The second kappa shape index (κ2) is 9.87. The van der Waals surface area contributed by atoms with Crippen molar-refractivity contribution in [2.45, 2.75) is 11.4 Å². The van der Waals surface area contributed by atoms with Crippen LogP contribution in [-0.2, 0) is 21.4 Å². The SMILES string of the molecule is O=C(CN(c1ccc(F)cc1)S(=O)(=O)c1ccc2c(c1)OCCO2)NCc1cccc2ccccc12. The summed E-state index contributed by atoms with van der Waals surface area (Å²) >= 11 is 0. The number of amides is 1. The summed E-state index contributed by atoms with van der Waals surface area (Å²) in [6.07, 6.45) is 0. The molecule has 1 amide bonds. The van der Waals surface area contributed by atoms with Gasteiger partial charge in [-0.25, -0.2) is 12.8 Å². The highest BCUT2D eigenvalue weighted by Crippen LogP contribution is 2.34. The van der Waals surface area contributed by atoms with Gasteiger partial charge in [0.1, 0.15) is 25.6 Å². The largest absolute Gasteiger partial charge is 0.486 e. The molecule has 1 aliphatic heterocycles. The van der Waals surface area contributed by atoms with Gasteiger partial charge >= 0.3 is 0 Å². The summed E-state index contributed by atoms with van der Waals surface area (Å²) < 4.78 is 52.8. The Hall–Kier alpha value is -4.11. The predicted octanol–water partition coefficient (Wildman–Crippen LogP) is 4.26. The van der Waals surface area contributed by atoms with E-state index in [1.54, 1.807) is 0 Å². The van der Waals surface area contributed by atoms with Crippen LogP contribution in [0.25, 0.3) is 10.8 Å². The van der Waals surface area contributed by atoms with Gasteiger partial charge in [0.2, 0.25) is 5.91 Å². The van der Waals surface area contributed by atoms with Gasteiger partial charge in [-0.05, 0) is 52.7 Å². The Morgan fingerprint density at radius 3 is 2.42 bits per heavy atom. The van der Waals surface area contributed by atoms with E-state index in [0.29, 0.717) is 24.7 Å². The molecule has 4 aromatic carbocycles. The average Bonchev–Trinajstić information content (AvgIpc) is 2.90. The maximum absolute atomic E-state index is 13.6. The third-order valence-corrected chi connectivity index (χ3v) is 7.63. The molecule has 9 heteroatoms. The number of fused-ring (bicyclic) bond motifs is 2. The lowest BCUT2D eigenvalue weighted by atomic mass is 10.0. The number of nitrogens with one attached hydrogen (secondary N) is 1. The Morgan fingerprint density at radius 1 is 0.889 bits per heavy atom. The van der Waals surface area contributed by atoms with Gasteiger partial charge in [0.15, 0.2) is 11.5 Å². The van der Waals surface area contributed by atoms with Crippen LogP contribution >= 0.6 is 0 Å². The quantitative estimate of drug-likeness (QED) is 0.405. The Kier molecular flexibility index (Phi) is 6.47. The summed E-state index contributed by atoms with van der Waals surface area (Å²) in [4.78, 5) is 12.9. The van der Waals surface area contributed by atoms with Crippen LogP contribution in [0.5, 0.6) is 11.5 Å². The predicted molar refractivity (Wildman–Crippen MR) is 134 cm³/mol. The Balaban J connectivity index is 1.41. The van der Waals surface area contributed by atoms with E-state index in [1.165, 1.54) is 30.3 Å². The summed E-state index contributed by atoms with van der Waals surface area (Å²) in [5, 5.41) is 4.85. The summed E-state index contributed by atoms with van der Waals surface area (Å²) in [7, 11) is -4.20. The zero-order chi connectivity index (χ0) is 25.1. The molecule has 184 valence electrons. The number of carbonyl (C=O) groups excluding carboxylic acids is 1. The number of benzene rings is 4. The fraction of sp³-hybridized carbons (Fsp3) is 0.148. The number of sulfonamides is 1. The van der Waals surface area contributed by atoms with E-state index in [1.807, 2.05) is 42.5 Å². The number of ether oxygens (including phenoxy) is 2. The van der Waals surface area contributed by atoms with Crippen molar-refractivity contribution in [2.24, 2.45) is 0 Å². The van der Waals surface area contributed by atoms with Gasteiger partial charge < -0.3 is 14.8 Å². The smallest absolute Gasteiger partial charge is 0.264 e. The van der Waals surface area contributed by atoms with Crippen LogP contribution in [-0.4, -0.2) is 34.1 Å². The summed E-state index contributed by atoms with van der Waals surface area (Å²) in [5.41, 5.74) is 1.07. The highest BCUT2D eigenvalue weighted by Gasteiger charge is 2.29. The van der Waals surface area contributed by atoms with Crippen molar-refractivity contribution in [2.75, 3.05) is 24.1 Å². The van der Waals surface area contributed by atoms with Crippen LogP contribution in [0.2, 0.25) is 0 Å². The van der Waals surface area contributed by atoms with Crippen molar-refractivity contribution in [1.82, 2.24) is 5.32 Å². The van der Waals surface area contributed by atoms with Gasteiger partial charge in [0, 0.05) is 12.6 Å². The van der Waals surface area contributed by atoms with E-state index >= 15 is 0 Å². The van der Waals surface area contributed by atoms with E-state index in [2.05, 4.69) is 5.32 Å². The second-order valence-electron chi connectivity index (χ2n) is 8.21. The van der Waals surface area contributed by atoms with Crippen LogP contribution in [0.1, 0.15) is 5.56 Å². The minimum atomic E-state index is -4.20. The molecule has 0 radical (unpaired) electrons. The van der Waals surface area contributed by atoms with Crippen LogP contribution in [0.4, 0.5) is 10.1 Å². The first-order valence-corrected chi connectivity index (χ1v) is 12.8. The van der Waals surface area contributed by atoms with Gasteiger partial charge in [0.25, 0.3) is 10.0 Å². The van der Waals surface area contributed by atoms with Crippen molar-refractivity contribution in [3.63, 3.8) is 0 Å². The lowest BCUT2D eigenvalue weighted by molar-refractivity contribution is -0.119. The summed E-state index contributed by atoms with van der Waals surface area (Å²) in [5.74, 6) is -0.271. The number of hydrogen-bond acceptors (Lipinski definition) is 5. The highest BCUT2D eigenvalue weighted by atomic mass is 32.2. The molecule has 1 N–H and O–H groups in total. The van der Waals surface area contributed by atoms with E-state index in [0.717, 1.165) is 32.8 Å². The molecule has 0 saturated carbocycles. The van der Waals surface area contributed by atoms with Crippen LogP contribution in [0.3, 0.4) is 0 Å². The standard InChI is InChI=1S/C27H23FN2O5S/c28-21-8-10-22(11-9-21)30(36(32,33)23-12-13-25-26(16-23)35-15-14-34-25)18-27(31)29-17-20-6-3-5-19-4-1-2-7-24(19)20/h1-13,16H,14-15,17-18H2,(H,29,31). The number of rotatable bonds is 7. The van der Waals surface area contributed by atoms with E-state index in [-0.39, 0.29) is 17.1 Å². The molecule has 0 spiro atoms. The highest BCUT2D eigenvalue weighted by molar-refractivity contribution is 7.92. The molecule has 0 aliphatic carbocycles. The van der Waals surface area contributed by atoms with E-state index in [9.17, 15) is 17.6 Å². The minimum Gasteiger partial charge on any atom is -0.486 e. The van der Waals surface area contributed by atoms with E-state index in [4.69, 9.17) is 9.47 Å². The summed E-state index contributed by atoms with van der Waals surface area (Å²) in [6.45, 7) is 0.404. The Morgan fingerprint density at radius 2 is 1.61 bits per heavy atom. The molecular formula is C27H23FN2O5S. The maximum atomic E-state index is 13.6. The first kappa shape index (κ1) is 23.6. The van der Waals surface area contributed by atoms with Crippen LogP contribution in [0, 0.1) is 5.82 Å². The molecule has 1 aliphatic rings. The Labute approximate surface area is 208 Å². The van der Waals surface area contributed by atoms with Gasteiger partial charge in [-0.2, -0.15) is 0 Å². The first-order chi connectivity index (χ1) is 17.4. The van der Waals surface area contributed by atoms with Gasteiger partial charge in [-0.3, -0.25) is 9.10 Å². The van der Waals surface area contributed by atoms with Crippen molar-refractivity contribution < 1.29 is 27.1 Å². The van der Waals surface area contributed by atoms with Gasteiger partial charge in [-0.1, -0.05) is 42.5 Å². The van der Waals surface area contributed by atoms with Crippen molar-refractivity contribution in [3.8, 4) is 11.5 Å². The molecule has 0 bridgehead atoms. The fourth-order valence-electron chi connectivity index (χ4n) is 4.06. The van der Waals surface area contributed by atoms with Gasteiger partial charge in [0.05, 0.1) is 10.6 Å².